The number of rotatable bonds is 5. The number of halogens is 1. The molecule has 1 aromatic heterocycles. The Kier molecular flexibility index (Phi) is 4.73. The molecule has 1 atom stereocenters. The summed E-state index contributed by atoms with van der Waals surface area (Å²) in [5.41, 5.74) is 3.93. The van der Waals surface area contributed by atoms with Crippen LogP contribution in [0.1, 0.15) is 22.7 Å². The van der Waals surface area contributed by atoms with Gasteiger partial charge in [-0.3, -0.25) is 0 Å². The molecular weight excluding hydrogens is 379 g/mol. The average Bonchev–Trinajstić information content (AvgIpc) is 3.27. The molecule has 6 heteroatoms. The number of nitrogens with zero attached hydrogens (tertiary/aromatic N) is 3. The largest absolute Gasteiger partial charge is 0.489 e. The predicted molar refractivity (Wildman–Crippen MR) is 113 cm³/mol. The molecule has 1 aliphatic heterocycles. The first-order chi connectivity index (χ1) is 14.8. The highest BCUT2D eigenvalue weighted by molar-refractivity contribution is 5.77. The molecule has 0 spiro atoms. The van der Waals surface area contributed by atoms with Gasteiger partial charge < -0.3 is 10.1 Å². The third-order valence-electron chi connectivity index (χ3n) is 5.03. The fourth-order valence-corrected chi connectivity index (χ4v) is 3.47. The van der Waals surface area contributed by atoms with E-state index in [1.54, 1.807) is 12.1 Å². The number of ether oxygens (including phenoxy) is 1. The zero-order valence-electron chi connectivity index (χ0n) is 16.1. The second kappa shape index (κ2) is 7.83. The Morgan fingerprint density at radius 1 is 0.933 bits per heavy atom. The molecule has 0 saturated carbocycles. The van der Waals surface area contributed by atoms with E-state index >= 15 is 0 Å². The lowest BCUT2D eigenvalue weighted by Crippen LogP contribution is -2.20. The van der Waals surface area contributed by atoms with Crippen LogP contribution in [0.5, 0.6) is 5.75 Å². The van der Waals surface area contributed by atoms with Crippen molar-refractivity contribution >= 4 is 11.6 Å². The van der Waals surface area contributed by atoms with Crippen LogP contribution in [0.25, 0.3) is 5.70 Å². The first-order valence-corrected chi connectivity index (χ1v) is 9.67. The van der Waals surface area contributed by atoms with Crippen LogP contribution in [0.15, 0.2) is 91.3 Å². The number of hydrogen-bond donors (Lipinski definition) is 1. The van der Waals surface area contributed by atoms with Gasteiger partial charge in [0.05, 0.1) is 0 Å². The van der Waals surface area contributed by atoms with Crippen LogP contribution in [0.2, 0.25) is 0 Å². The third-order valence-corrected chi connectivity index (χ3v) is 5.03. The number of hydrogen-bond acceptors (Lipinski definition) is 4. The molecule has 0 unspecified atom stereocenters. The highest BCUT2D eigenvalue weighted by Crippen LogP contribution is 2.32. The van der Waals surface area contributed by atoms with Gasteiger partial charge in [-0.1, -0.05) is 42.5 Å². The van der Waals surface area contributed by atoms with Crippen molar-refractivity contribution in [3.8, 4) is 5.75 Å². The standard InChI is InChI=1S/C24H19FN4O/c25-20-10-6-18(7-11-20)22-14-23(29-24(28-22)26-16-27-29)19-8-12-21(13-9-19)30-15-17-4-2-1-3-5-17/h1-14,16,23H,15H2,(H,26,27,28)/t23-/m0/s1. The van der Waals surface area contributed by atoms with Gasteiger partial charge in [0, 0.05) is 5.70 Å². The Morgan fingerprint density at radius 3 is 2.47 bits per heavy atom. The molecule has 5 nitrogen and oxygen atoms in total. The molecule has 0 saturated heterocycles. The van der Waals surface area contributed by atoms with Crippen LogP contribution in [0.3, 0.4) is 0 Å². The summed E-state index contributed by atoms with van der Waals surface area (Å²) in [6.45, 7) is 0.523. The minimum atomic E-state index is -0.263. The normalized spacial score (nSPS) is 15.1. The fourth-order valence-electron chi connectivity index (χ4n) is 3.47. The van der Waals surface area contributed by atoms with Crippen LogP contribution in [0, 0.1) is 5.82 Å². The van der Waals surface area contributed by atoms with Crippen molar-refractivity contribution in [3.05, 3.63) is 114 Å². The molecule has 4 aromatic rings. The number of nitrogens with one attached hydrogen (secondary N) is 1. The van der Waals surface area contributed by atoms with Gasteiger partial charge in [-0.15, -0.1) is 0 Å². The molecule has 2 heterocycles. The molecular formula is C24H19FN4O. The maximum absolute atomic E-state index is 13.3. The van der Waals surface area contributed by atoms with Gasteiger partial charge in [-0.25, -0.2) is 9.07 Å². The number of aromatic nitrogens is 3. The van der Waals surface area contributed by atoms with Crippen molar-refractivity contribution in [1.29, 1.82) is 0 Å². The summed E-state index contributed by atoms with van der Waals surface area (Å²) in [5.74, 6) is 1.19. The number of anilines is 1. The van der Waals surface area contributed by atoms with Crippen LogP contribution in [-0.2, 0) is 6.61 Å². The molecule has 0 fully saturated rings. The van der Waals surface area contributed by atoms with Gasteiger partial charge in [0.15, 0.2) is 0 Å². The first kappa shape index (κ1) is 18.1. The Labute approximate surface area is 173 Å². The molecule has 3 aromatic carbocycles. The summed E-state index contributed by atoms with van der Waals surface area (Å²) in [5, 5.41) is 7.63. The van der Waals surface area contributed by atoms with Crippen molar-refractivity contribution in [2.75, 3.05) is 5.32 Å². The molecule has 30 heavy (non-hydrogen) atoms. The second-order valence-corrected chi connectivity index (χ2v) is 7.03. The van der Waals surface area contributed by atoms with E-state index < -0.39 is 0 Å². The fraction of sp³-hybridized carbons (Fsp3) is 0.0833. The van der Waals surface area contributed by atoms with Crippen molar-refractivity contribution < 1.29 is 9.13 Å². The lowest BCUT2D eigenvalue weighted by Gasteiger charge is -2.24. The monoisotopic (exact) mass is 398 g/mol. The van der Waals surface area contributed by atoms with E-state index in [1.807, 2.05) is 59.3 Å². The maximum Gasteiger partial charge on any atom is 0.226 e. The number of allylic oxidation sites excluding steroid dienone is 1. The molecule has 1 N–H and O–H groups in total. The highest BCUT2D eigenvalue weighted by atomic mass is 19.1. The van der Waals surface area contributed by atoms with Gasteiger partial charge in [-0.2, -0.15) is 10.1 Å². The van der Waals surface area contributed by atoms with Crippen molar-refractivity contribution in [2.24, 2.45) is 0 Å². The van der Waals surface area contributed by atoms with Crippen LogP contribution in [0.4, 0.5) is 10.3 Å². The summed E-state index contributed by atoms with van der Waals surface area (Å²) in [6, 6.07) is 24.3. The van der Waals surface area contributed by atoms with E-state index in [2.05, 4.69) is 21.5 Å². The Morgan fingerprint density at radius 2 is 1.70 bits per heavy atom. The highest BCUT2D eigenvalue weighted by Gasteiger charge is 2.23. The first-order valence-electron chi connectivity index (χ1n) is 9.67. The SMILES string of the molecule is Fc1ccc(C2=C[C@@H](c3ccc(OCc4ccccc4)cc3)n3ncnc3N2)cc1. The predicted octanol–water partition coefficient (Wildman–Crippen LogP) is 5.05. The summed E-state index contributed by atoms with van der Waals surface area (Å²) in [4.78, 5) is 4.31. The smallest absolute Gasteiger partial charge is 0.226 e. The lowest BCUT2D eigenvalue weighted by molar-refractivity contribution is 0.306. The van der Waals surface area contributed by atoms with E-state index in [1.165, 1.54) is 18.5 Å². The van der Waals surface area contributed by atoms with Crippen molar-refractivity contribution in [1.82, 2.24) is 14.8 Å². The summed E-state index contributed by atoms with van der Waals surface area (Å²) in [6.07, 6.45) is 3.59. The van der Waals surface area contributed by atoms with Crippen LogP contribution in [-0.4, -0.2) is 14.8 Å². The zero-order valence-corrected chi connectivity index (χ0v) is 16.1. The Hall–Kier alpha value is -3.93. The maximum atomic E-state index is 13.3. The van der Waals surface area contributed by atoms with Crippen molar-refractivity contribution in [2.45, 2.75) is 12.6 Å². The van der Waals surface area contributed by atoms with Gasteiger partial charge >= 0.3 is 0 Å². The van der Waals surface area contributed by atoms with Crippen LogP contribution >= 0.6 is 0 Å². The second-order valence-electron chi connectivity index (χ2n) is 7.03. The lowest BCUT2D eigenvalue weighted by atomic mass is 10.0. The van der Waals surface area contributed by atoms with Gasteiger partial charge in [0.2, 0.25) is 5.95 Å². The minimum absolute atomic E-state index is 0.132. The molecule has 0 amide bonds. The number of benzene rings is 3. The Balaban J connectivity index is 1.40. The molecule has 5 rings (SSSR count). The number of fused-ring (bicyclic) bond motifs is 1. The molecule has 0 bridgehead atoms. The molecule has 0 aliphatic carbocycles. The molecule has 148 valence electrons. The topological polar surface area (TPSA) is 52.0 Å². The zero-order chi connectivity index (χ0) is 20.3. The minimum Gasteiger partial charge on any atom is -0.489 e. The van der Waals surface area contributed by atoms with E-state index in [0.717, 1.165) is 28.1 Å². The Bertz CT molecular complexity index is 1170. The van der Waals surface area contributed by atoms with E-state index in [-0.39, 0.29) is 11.9 Å². The molecule has 1 aliphatic rings. The summed E-state index contributed by atoms with van der Waals surface area (Å²) in [7, 11) is 0. The quantitative estimate of drug-likeness (QED) is 0.511. The van der Waals surface area contributed by atoms with E-state index in [0.29, 0.717) is 12.6 Å². The average molecular weight is 398 g/mol. The van der Waals surface area contributed by atoms with Gasteiger partial charge in [0.1, 0.15) is 30.5 Å². The summed E-state index contributed by atoms with van der Waals surface area (Å²) >= 11 is 0. The third kappa shape index (κ3) is 3.67. The summed E-state index contributed by atoms with van der Waals surface area (Å²) < 4.78 is 21.0. The van der Waals surface area contributed by atoms with Crippen molar-refractivity contribution in [3.63, 3.8) is 0 Å². The van der Waals surface area contributed by atoms with Gasteiger partial charge in [0.25, 0.3) is 0 Å². The van der Waals surface area contributed by atoms with Gasteiger partial charge in [-0.05, 0) is 59.2 Å². The van der Waals surface area contributed by atoms with Crippen LogP contribution < -0.4 is 10.1 Å². The molecule has 0 radical (unpaired) electrons. The van der Waals surface area contributed by atoms with E-state index in [9.17, 15) is 4.39 Å². The van der Waals surface area contributed by atoms with E-state index in [4.69, 9.17) is 4.74 Å².